The van der Waals surface area contributed by atoms with Gasteiger partial charge in [0, 0.05) is 13.3 Å². The van der Waals surface area contributed by atoms with Gasteiger partial charge < -0.3 is 9.75 Å². The van der Waals surface area contributed by atoms with Crippen molar-refractivity contribution < 1.29 is 4.74 Å². The first-order chi connectivity index (χ1) is 4.31. The van der Waals surface area contributed by atoms with Gasteiger partial charge in [0.2, 0.25) is 0 Å². The molecule has 0 aromatic rings. The second kappa shape index (κ2) is 5.59. The Labute approximate surface area is 56.1 Å². The first-order valence-electron chi connectivity index (χ1n) is 2.94. The topological polar surface area (TPSA) is 38.5 Å². The summed E-state index contributed by atoms with van der Waals surface area (Å²) in [4.78, 5) is 0. The molecule has 0 bridgehead atoms. The highest BCUT2D eigenvalue weighted by molar-refractivity contribution is 4.73. The van der Waals surface area contributed by atoms with Gasteiger partial charge in [-0.15, -0.1) is 0 Å². The molecule has 0 unspecified atom stereocenters. The molecular formula is C6H14N2O. The van der Waals surface area contributed by atoms with Crippen LogP contribution in [0.15, 0.2) is 12.3 Å². The zero-order valence-corrected chi connectivity index (χ0v) is 6.00. The summed E-state index contributed by atoms with van der Waals surface area (Å²) in [5.74, 6) is 5.44. The van der Waals surface area contributed by atoms with Gasteiger partial charge in [0.1, 0.15) is 0 Å². The SMILES string of the molecule is C/C=C/N(N)CCOC. The minimum atomic E-state index is 0.668. The predicted molar refractivity (Wildman–Crippen MR) is 37.6 cm³/mol. The average Bonchev–Trinajstić information content (AvgIpc) is 1.85. The number of nitrogens with zero attached hydrogens (tertiary/aromatic N) is 1. The summed E-state index contributed by atoms with van der Waals surface area (Å²) in [5, 5.41) is 1.59. The van der Waals surface area contributed by atoms with Crippen LogP contribution >= 0.6 is 0 Å². The molecule has 3 heteroatoms. The molecule has 0 saturated carbocycles. The Morgan fingerprint density at radius 3 is 2.78 bits per heavy atom. The summed E-state index contributed by atoms with van der Waals surface area (Å²) >= 11 is 0. The fraction of sp³-hybridized carbons (Fsp3) is 0.667. The Kier molecular flexibility index (Phi) is 5.26. The Hall–Kier alpha value is -0.540. The summed E-state index contributed by atoms with van der Waals surface area (Å²) in [6, 6.07) is 0. The van der Waals surface area contributed by atoms with Gasteiger partial charge >= 0.3 is 0 Å². The fourth-order valence-electron chi connectivity index (χ4n) is 0.463. The minimum Gasteiger partial charge on any atom is -0.383 e. The molecule has 54 valence electrons. The Bertz CT molecular complexity index is 83.1. The molecule has 0 aromatic heterocycles. The zero-order chi connectivity index (χ0) is 7.11. The largest absolute Gasteiger partial charge is 0.383 e. The molecule has 0 saturated heterocycles. The van der Waals surface area contributed by atoms with Crippen LogP contribution in [0.1, 0.15) is 6.92 Å². The molecule has 0 aliphatic rings. The molecule has 0 rings (SSSR count). The van der Waals surface area contributed by atoms with Gasteiger partial charge in [0.25, 0.3) is 0 Å². The second-order valence-electron chi connectivity index (χ2n) is 1.71. The normalized spacial score (nSPS) is 10.6. The van der Waals surface area contributed by atoms with E-state index in [4.69, 9.17) is 10.6 Å². The van der Waals surface area contributed by atoms with Gasteiger partial charge in [-0.1, -0.05) is 6.08 Å². The van der Waals surface area contributed by atoms with Crippen LogP contribution in [0.2, 0.25) is 0 Å². The lowest BCUT2D eigenvalue weighted by Gasteiger charge is -2.11. The van der Waals surface area contributed by atoms with E-state index in [9.17, 15) is 0 Å². The molecule has 3 nitrogen and oxygen atoms in total. The Morgan fingerprint density at radius 2 is 2.33 bits per heavy atom. The third kappa shape index (κ3) is 5.33. The molecule has 0 aromatic carbocycles. The van der Waals surface area contributed by atoms with E-state index >= 15 is 0 Å². The van der Waals surface area contributed by atoms with Gasteiger partial charge in [0.05, 0.1) is 13.2 Å². The number of hydrazine groups is 1. The molecule has 0 spiro atoms. The number of hydrogen-bond acceptors (Lipinski definition) is 3. The standard InChI is InChI=1S/C6H14N2O/c1-3-4-8(7)5-6-9-2/h3-4H,5-7H2,1-2H3/b4-3+. The highest BCUT2D eigenvalue weighted by Crippen LogP contribution is 1.78. The summed E-state index contributed by atoms with van der Waals surface area (Å²) in [6.45, 7) is 3.33. The Balaban J connectivity index is 3.15. The highest BCUT2D eigenvalue weighted by atomic mass is 16.5. The summed E-state index contributed by atoms with van der Waals surface area (Å²) in [7, 11) is 1.66. The molecule has 0 amide bonds. The van der Waals surface area contributed by atoms with E-state index in [0.29, 0.717) is 6.61 Å². The van der Waals surface area contributed by atoms with Gasteiger partial charge in [-0.3, -0.25) is 0 Å². The summed E-state index contributed by atoms with van der Waals surface area (Å²) in [5.41, 5.74) is 0. The predicted octanol–water partition coefficient (Wildman–Crippen LogP) is 0.342. The first kappa shape index (κ1) is 8.46. The second-order valence-corrected chi connectivity index (χ2v) is 1.71. The molecular weight excluding hydrogens is 116 g/mol. The van der Waals surface area contributed by atoms with Crippen LogP contribution < -0.4 is 5.84 Å². The number of allylic oxidation sites excluding steroid dienone is 1. The number of rotatable bonds is 4. The van der Waals surface area contributed by atoms with Crippen LogP contribution in [0, 0.1) is 0 Å². The van der Waals surface area contributed by atoms with E-state index in [0.717, 1.165) is 6.54 Å². The summed E-state index contributed by atoms with van der Waals surface area (Å²) in [6.07, 6.45) is 3.69. The van der Waals surface area contributed by atoms with Crippen molar-refractivity contribution in [2.24, 2.45) is 5.84 Å². The van der Waals surface area contributed by atoms with Crippen LogP contribution in [0.5, 0.6) is 0 Å². The lowest BCUT2D eigenvalue weighted by atomic mass is 10.6. The fourth-order valence-corrected chi connectivity index (χ4v) is 0.463. The molecule has 0 aliphatic heterocycles. The van der Waals surface area contributed by atoms with Crippen LogP contribution in [-0.4, -0.2) is 25.3 Å². The van der Waals surface area contributed by atoms with Crippen molar-refractivity contribution in [2.75, 3.05) is 20.3 Å². The minimum absolute atomic E-state index is 0.668. The molecule has 0 fully saturated rings. The third-order valence-electron chi connectivity index (χ3n) is 0.894. The Morgan fingerprint density at radius 1 is 1.67 bits per heavy atom. The monoisotopic (exact) mass is 130 g/mol. The third-order valence-corrected chi connectivity index (χ3v) is 0.894. The van der Waals surface area contributed by atoms with E-state index in [-0.39, 0.29) is 0 Å². The van der Waals surface area contributed by atoms with Crippen LogP contribution in [-0.2, 0) is 4.74 Å². The van der Waals surface area contributed by atoms with Crippen molar-refractivity contribution >= 4 is 0 Å². The van der Waals surface area contributed by atoms with E-state index < -0.39 is 0 Å². The molecule has 0 atom stereocenters. The smallest absolute Gasteiger partial charge is 0.0653 e. The zero-order valence-electron chi connectivity index (χ0n) is 6.00. The maximum Gasteiger partial charge on any atom is 0.0653 e. The van der Waals surface area contributed by atoms with E-state index in [1.165, 1.54) is 0 Å². The van der Waals surface area contributed by atoms with Crippen molar-refractivity contribution in [1.29, 1.82) is 0 Å². The molecule has 9 heavy (non-hydrogen) atoms. The van der Waals surface area contributed by atoms with Gasteiger partial charge in [-0.25, -0.2) is 5.84 Å². The number of ether oxygens (including phenoxy) is 1. The van der Waals surface area contributed by atoms with Crippen LogP contribution in [0.3, 0.4) is 0 Å². The lowest BCUT2D eigenvalue weighted by molar-refractivity contribution is 0.170. The maximum absolute atomic E-state index is 5.44. The van der Waals surface area contributed by atoms with Crippen molar-refractivity contribution in [2.45, 2.75) is 6.92 Å². The summed E-state index contributed by atoms with van der Waals surface area (Å²) < 4.78 is 4.80. The first-order valence-corrected chi connectivity index (χ1v) is 2.94. The molecule has 2 N–H and O–H groups in total. The van der Waals surface area contributed by atoms with Gasteiger partial charge in [-0.2, -0.15) is 0 Å². The van der Waals surface area contributed by atoms with Crippen molar-refractivity contribution in [3.63, 3.8) is 0 Å². The maximum atomic E-state index is 5.44. The van der Waals surface area contributed by atoms with E-state index in [2.05, 4.69) is 0 Å². The van der Waals surface area contributed by atoms with Gasteiger partial charge in [-0.05, 0) is 6.92 Å². The molecule has 0 heterocycles. The van der Waals surface area contributed by atoms with Crippen LogP contribution in [0.4, 0.5) is 0 Å². The van der Waals surface area contributed by atoms with Crippen molar-refractivity contribution in [3.05, 3.63) is 12.3 Å². The average molecular weight is 130 g/mol. The van der Waals surface area contributed by atoms with Crippen molar-refractivity contribution in [3.8, 4) is 0 Å². The molecule has 0 radical (unpaired) electrons. The van der Waals surface area contributed by atoms with E-state index in [1.807, 2.05) is 13.0 Å². The van der Waals surface area contributed by atoms with Crippen molar-refractivity contribution in [1.82, 2.24) is 5.01 Å². The molecule has 0 aliphatic carbocycles. The van der Waals surface area contributed by atoms with Gasteiger partial charge in [0.15, 0.2) is 0 Å². The highest BCUT2D eigenvalue weighted by Gasteiger charge is 1.86. The van der Waals surface area contributed by atoms with Crippen LogP contribution in [0.25, 0.3) is 0 Å². The number of hydrogen-bond donors (Lipinski definition) is 1. The lowest BCUT2D eigenvalue weighted by Crippen LogP contribution is -2.28. The number of methoxy groups -OCH3 is 1. The number of nitrogens with two attached hydrogens (primary N) is 1. The van der Waals surface area contributed by atoms with E-state index in [1.54, 1.807) is 18.3 Å². The quantitative estimate of drug-likeness (QED) is 0.440.